The first kappa shape index (κ1) is 15.4. The lowest BCUT2D eigenvalue weighted by Crippen LogP contribution is -2.21. The Morgan fingerprint density at radius 1 is 0.958 bits per heavy atom. The average Bonchev–Trinajstić information content (AvgIpc) is 2.89. The fourth-order valence-electron chi connectivity index (χ4n) is 2.39. The summed E-state index contributed by atoms with van der Waals surface area (Å²) in [6.07, 6.45) is 0. The molecule has 1 heterocycles. The summed E-state index contributed by atoms with van der Waals surface area (Å²) in [5, 5.41) is 4.79. The molecule has 0 radical (unpaired) electrons. The van der Waals surface area contributed by atoms with Gasteiger partial charge >= 0.3 is 5.97 Å². The molecule has 7 heteroatoms. The van der Waals surface area contributed by atoms with E-state index in [0.29, 0.717) is 11.1 Å². The van der Waals surface area contributed by atoms with Crippen LogP contribution in [0, 0.1) is 0 Å². The Morgan fingerprint density at radius 3 is 2.29 bits per heavy atom. The van der Waals surface area contributed by atoms with Gasteiger partial charge in [0.15, 0.2) is 0 Å². The molecular formula is C17H12N2O5. The van der Waals surface area contributed by atoms with Crippen LogP contribution in [-0.2, 0) is 4.74 Å². The monoisotopic (exact) mass is 324 g/mol. The van der Waals surface area contributed by atoms with Crippen molar-refractivity contribution in [3.8, 4) is 0 Å². The third-order valence-corrected chi connectivity index (χ3v) is 3.58. The van der Waals surface area contributed by atoms with Crippen LogP contribution in [0.1, 0.15) is 41.4 Å². The Hall–Kier alpha value is -3.48. The van der Waals surface area contributed by atoms with E-state index in [1.165, 1.54) is 43.5 Å². The van der Waals surface area contributed by atoms with Gasteiger partial charge in [0, 0.05) is 5.56 Å². The van der Waals surface area contributed by atoms with Crippen molar-refractivity contribution < 1.29 is 23.9 Å². The minimum atomic E-state index is -0.549. The van der Waals surface area contributed by atoms with E-state index < -0.39 is 23.7 Å². The van der Waals surface area contributed by atoms with E-state index in [-0.39, 0.29) is 16.8 Å². The predicted molar refractivity (Wildman–Crippen MR) is 84.0 cm³/mol. The SMILES string of the molecule is COC(=O)c1ccc(C(=O)Nc2cccc3c2C(=O)NC3=O)cc1. The van der Waals surface area contributed by atoms with Gasteiger partial charge in [-0.1, -0.05) is 6.07 Å². The Kier molecular flexibility index (Phi) is 3.83. The highest BCUT2D eigenvalue weighted by molar-refractivity contribution is 6.25. The smallest absolute Gasteiger partial charge is 0.337 e. The number of carbonyl (C=O) groups is 4. The Labute approximate surface area is 136 Å². The van der Waals surface area contributed by atoms with Crippen LogP contribution in [0.15, 0.2) is 42.5 Å². The van der Waals surface area contributed by atoms with Gasteiger partial charge in [0.2, 0.25) is 0 Å². The topological polar surface area (TPSA) is 102 Å². The van der Waals surface area contributed by atoms with E-state index in [4.69, 9.17) is 0 Å². The second-order valence-corrected chi connectivity index (χ2v) is 5.03. The van der Waals surface area contributed by atoms with Gasteiger partial charge in [-0.05, 0) is 36.4 Å². The highest BCUT2D eigenvalue weighted by atomic mass is 16.5. The van der Waals surface area contributed by atoms with E-state index >= 15 is 0 Å². The van der Waals surface area contributed by atoms with Gasteiger partial charge < -0.3 is 10.1 Å². The molecule has 120 valence electrons. The van der Waals surface area contributed by atoms with Crippen molar-refractivity contribution in [1.82, 2.24) is 5.32 Å². The number of hydrogen-bond acceptors (Lipinski definition) is 5. The number of ether oxygens (including phenoxy) is 1. The van der Waals surface area contributed by atoms with Crippen LogP contribution in [0.25, 0.3) is 0 Å². The Balaban J connectivity index is 1.85. The third-order valence-electron chi connectivity index (χ3n) is 3.58. The lowest BCUT2D eigenvalue weighted by molar-refractivity contribution is 0.0600. The van der Waals surface area contributed by atoms with Crippen molar-refractivity contribution in [3.63, 3.8) is 0 Å². The second-order valence-electron chi connectivity index (χ2n) is 5.03. The molecule has 3 rings (SSSR count). The summed E-state index contributed by atoms with van der Waals surface area (Å²) >= 11 is 0. The number of amides is 3. The number of carbonyl (C=O) groups excluding carboxylic acids is 4. The zero-order valence-corrected chi connectivity index (χ0v) is 12.6. The van der Waals surface area contributed by atoms with Crippen LogP contribution in [-0.4, -0.2) is 30.8 Å². The van der Waals surface area contributed by atoms with Gasteiger partial charge in [-0.2, -0.15) is 0 Å². The number of rotatable bonds is 3. The first-order valence-corrected chi connectivity index (χ1v) is 6.99. The molecular weight excluding hydrogens is 312 g/mol. The van der Waals surface area contributed by atoms with Crippen molar-refractivity contribution in [2.75, 3.05) is 12.4 Å². The summed E-state index contributed by atoms with van der Waals surface area (Å²) in [7, 11) is 1.27. The van der Waals surface area contributed by atoms with Crippen LogP contribution in [0.2, 0.25) is 0 Å². The average molecular weight is 324 g/mol. The number of nitrogens with one attached hydrogen (secondary N) is 2. The maximum Gasteiger partial charge on any atom is 0.337 e. The Morgan fingerprint density at radius 2 is 1.62 bits per heavy atom. The lowest BCUT2D eigenvalue weighted by Gasteiger charge is -2.08. The molecule has 2 N–H and O–H groups in total. The summed E-state index contributed by atoms with van der Waals surface area (Å²) in [5.74, 6) is -2.01. The van der Waals surface area contributed by atoms with E-state index in [1.54, 1.807) is 6.07 Å². The number of fused-ring (bicyclic) bond motifs is 1. The number of methoxy groups -OCH3 is 1. The standard InChI is InChI=1S/C17H12N2O5/c1-24-17(23)10-7-5-9(6-8-10)14(20)18-12-4-2-3-11-13(12)16(22)19-15(11)21/h2-8H,1H3,(H,18,20)(H,19,21,22). The third kappa shape index (κ3) is 2.63. The van der Waals surface area contributed by atoms with Gasteiger partial charge in [0.1, 0.15) is 0 Å². The molecule has 0 unspecified atom stereocenters. The Bertz CT molecular complexity index is 871. The van der Waals surface area contributed by atoms with Crippen LogP contribution in [0.4, 0.5) is 5.69 Å². The molecule has 1 aliphatic rings. The van der Waals surface area contributed by atoms with Crippen LogP contribution in [0.5, 0.6) is 0 Å². The van der Waals surface area contributed by atoms with Gasteiger partial charge in [-0.3, -0.25) is 19.7 Å². The second kappa shape index (κ2) is 5.96. The molecule has 0 bridgehead atoms. The molecule has 3 amide bonds. The maximum atomic E-state index is 12.3. The molecule has 0 atom stereocenters. The van der Waals surface area contributed by atoms with Crippen molar-refractivity contribution in [2.45, 2.75) is 0 Å². The zero-order chi connectivity index (χ0) is 17.3. The first-order valence-electron chi connectivity index (χ1n) is 6.99. The largest absolute Gasteiger partial charge is 0.465 e. The predicted octanol–water partition coefficient (Wildman–Crippen LogP) is 1.61. The van der Waals surface area contributed by atoms with Gasteiger partial charge in [0.05, 0.1) is 29.5 Å². The van der Waals surface area contributed by atoms with Crippen LogP contribution >= 0.6 is 0 Å². The highest BCUT2D eigenvalue weighted by Crippen LogP contribution is 2.24. The van der Waals surface area contributed by atoms with Crippen LogP contribution in [0.3, 0.4) is 0 Å². The van der Waals surface area contributed by atoms with E-state index in [2.05, 4.69) is 15.4 Å². The van der Waals surface area contributed by atoms with Crippen molar-refractivity contribution in [1.29, 1.82) is 0 Å². The molecule has 0 saturated carbocycles. The molecule has 2 aromatic carbocycles. The lowest BCUT2D eigenvalue weighted by atomic mass is 10.1. The molecule has 0 fully saturated rings. The quantitative estimate of drug-likeness (QED) is 0.660. The molecule has 2 aromatic rings. The van der Waals surface area contributed by atoms with Gasteiger partial charge in [-0.15, -0.1) is 0 Å². The maximum absolute atomic E-state index is 12.3. The number of benzene rings is 2. The summed E-state index contributed by atoms with van der Waals surface area (Å²) in [6, 6.07) is 10.5. The first-order chi connectivity index (χ1) is 11.5. The van der Waals surface area contributed by atoms with E-state index in [9.17, 15) is 19.2 Å². The molecule has 24 heavy (non-hydrogen) atoms. The summed E-state index contributed by atoms with van der Waals surface area (Å²) in [5.41, 5.74) is 1.23. The van der Waals surface area contributed by atoms with Crippen molar-refractivity contribution in [2.24, 2.45) is 0 Å². The molecule has 0 saturated heterocycles. The zero-order valence-electron chi connectivity index (χ0n) is 12.6. The number of imide groups is 1. The molecule has 1 aliphatic heterocycles. The van der Waals surface area contributed by atoms with E-state index in [0.717, 1.165) is 0 Å². The molecule has 7 nitrogen and oxygen atoms in total. The van der Waals surface area contributed by atoms with Crippen molar-refractivity contribution >= 4 is 29.4 Å². The van der Waals surface area contributed by atoms with Crippen LogP contribution < -0.4 is 10.6 Å². The molecule has 0 aromatic heterocycles. The van der Waals surface area contributed by atoms with Gasteiger partial charge in [-0.25, -0.2) is 4.79 Å². The molecule has 0 spiro atoms. The number of esters is 1. The fraction of sp³-hybridized carbons (Fsp3) is 0.0588. The molecule has 0 aliphatic carbocycles. The summed E-state index contributed by atoms with van der Waals surface area (Å²) < 4.78 is 4.59. The van der Waals surface area contributed by atoms with E-state index in [1.807, 2.05) is 0 Å². The normalized spacial score (nSPS) is 12.4. The number of anilines is 1. The highest BCUT2D eigenvalue weighted by Gasteiger charge is 2.29. The summed E-state index contributed by atoms with van der Waals surface area (Å²) in [6.45, 7) is 0. The number of hydrogen-bond donors (Lipinski definition) is 2. The fourth-order valence-corrected chi connectivity index (χ4v) is 2.39. The minimum Gasteiger partial charge on any atom is -0.465 e. The summed E-state index contributed by atoms with van der Waals surface area (Å²) in [4.78, 5) is 47.1. The van der Waals surface area contributed by atoms with Crippen molar-refractivity contribution in [3.05, 3.63) is 64.7 Å². The van der Waals surface area contributed by atoms with Gasteiger partial charge in [0.25, 0.3) is 17.7 Å². The minimum absolute atomic E-state index is 0.141.